The molecule has 0 atom stereocenters. The van der Waals surface area contributed by atoms with Gasteiger partial charge in [-0.05, 0) is 38.1 Å². The van der Waals surface area contributed by atoms with Crippen LogP contribution in [0.1, 0.15) is 19.5 Å². The van der Waals surface area contributed by atoms with Crippen LogP contribution >= 0.6 is 0 Å². The fraction of sp³-hybridized carbons (Fsp3) is 0.385. The summed E-state index contributed by atoms with van der Waals surface area (Å²) in [5.41, 5.74) is 2.23. The van der Waals surface area contributed by atoms with E-state index < -0.39 is 0 Å². The lowest BCUT2D eigenvalue weighted by atomic mass is 10.2. The zero-order chi connectivity index (χ0) is 11.7. The van der Waals surface area contributed by atoms with Gasteiger partial charge in [0.1, 0.15) is 5.75 Å². The predicted octanol–water partition coefficient (Wildman–Crippen LogP) is 2.81. The van der Waals surface area contributed by atoms with Crippen LogP contribution in [-0.2, 0) is 18.4 Å². The maximum absolute atomic E-state index is 9.41. The Morgan fingerprint density at radius 1 is 1.31 bits per heavy atom. The highest BCUT2D eigenvalue weighted by Crippen LogP contribution is 2.23. The van der Waals surface area contributed by atoms with Crippen LogP contribution in [-0.4, -0.2) is 15.8 Å². The number of benzene rings is 1. The zero-order valence-electron chi connectivity index (χ0n) is 9.90. The highest BCUT2D eigenvalue weighted by molar-refractivity contribution is 5.82. The monoisotopic (exact) mass is 219 g/mol. The Balaban J connectivity index is 2.36. The summed E-state index contributed by atoms with van der Waals surface area (Å²) in [5.74, 6) is 0.300. The van der Waals surface area contributed by atoms with Gasteiger partial charge >= 0.3 is 0 Å². The van der Waals surface area contributed by atoms with Gasteiger partial charge in [-0.3, -0.25) is 0 Å². The molecule has 0 bridgehead atoms. The minimum Gasteiger partial charge on any atom is -0.508 e. The molecular formula is C13H17NO2. The zero-order valence-corrected chi connectivity index (χ0v) is 9.90. The summed E-state index contributed by atoms with van der Waals surface area (Å²) in [6.07, 6.45) is 0.228. The fourth-order valence-electron chi connectivity index (χ4n) is 1.78. The number of ether oxygens (including phenoxy) is 1. The van der Waals surface area contributed by atoms with E-state index in [2.05, 4.69) is 10.6 Å². The molecule has 0 aliphatic rings. The van der Waals surface area contributed by atoms with Crippen molar-refractivity contribution in [2.75, 3.05) is 0 Å². The Labute approximate surface area is 95.3 Å². The minimum atomic E-state index is 0.228. The summed E-state index contributed by atoms with van der Waals surface area (Å²) in [4.78, 5) is 0. The second-order valence-electron chi connectivity index (χ2n) is 4.30. The van der Waals surface area contributed by atoms with Crippen molar-refractivity contribution in [1.29, 1.82) is 0 Å². The number of fused-ring (bicyclic) bond motifs is 1. The molecule has 0 amide bonds. The van der Waals surface area contributed by atoms with E-state index in [0.717, 1.165) is 16.6 Å². The SMILES string of the molecule is CC(C)OCc1cc2cc(O)ccc2n1C. The second kappa shape index (κ2) is 4.18. The van der Waals surface area contributed by atoms with E-state index in [0.29, 0.717) is 12.4 Å². The third-order valence-electron chi connectivity index (χ3n) is 2.69. The molecule has 1 aromatic carbocycles. The van der Waals surface area contributed by atoms with Gasteiger partial charge in [-0.25, -0.2) is 0 Å². The Bertz CT molecular complexity index is 500. The summed E-state index contributed by atoms with van der Waals surface area (Å²) in [7, 11) is 2.01. The van der Waals surface area contributed by atoms with Crippen molar-refractivity contribution in [3.63, 3.8) is 0 Å². The van der Waals surface area contributed by atoms with Crippen molar-refractivity contribution in [1.82, 2.24) is 4.57 Å². The van der Waals surface area contributed by atoms with E-state index in [1.165, 1.54) is 0 Å². The first-order valence-electron chi connectivity index (χ1n) is 5.47. The number of aromatic nitrogens is 1. The summed E-state index contributed by atoms with van der Waals surface area (Å²) in [6.45, 7) is 4.65. The van der Waals surface area contributed by atoms with E-state index in [4.69, 9.17) is 4.74 Å². The summed E-state index contributed by atoms with van der Waals surface area (Å²) < 4.78 is 7.68. The maximum Gasteiger partial charge on any atom is 0.116 e. The third-order valence-corrected chi connectivity index (χ3v) is 2.69. The third kappa shape index (κ3) is 2.04. The lowest BCUT2D eigenvalue weighted by Gasteiger charge is -2.08. The first-order chi connectivity index (χ1) is 7.58. The van der Waals surface area contributed by atoms with Gasteiger partial charge in [0, 0.05) is 23.6 Å². The van der Waals surface area contributed by atoms with E-state index in [1.807, 2.05) is 27.0 Å². The number of rotatable bonds is 3. The molecule has 0 radical (unpaired) electrons. The topological polar surface area (TPSA) is 34.4 Å². The number of nitrogens with zero attached hydrogens (tertiary/aromatic N) is 1. The molecule has 86 valence electrons. The summed E-state index contributed by atoms with van der Waals surface area (Å²) in [6, 6.07) is 7.45. The molecule has 3 nitrogen and oxygen atoms in total. The largest absolute Gasteiger partial charge is 0.508 e. The Kier molecular flexibility index (Phi) is 2.88. The summed E-state index contributed by atoms with van der Waals surface area (Å²) >= 11 is 0. The van der Waals surface area contributed by atoms with Crippen molar-refractivity contribution < 1.29 is 9.84 Å². The Morgan fingerprint density at radius 2 is 2.06 bits per heavy atom. The van der Waals surface area contributed by atoms with E-state index in [1.54, 1.807) is 12.1 Å². The van der Waals surface area contributed by atoms with Crippen molar-refractivity contribution in [2.24, 2.45) is 7.05 Å². The van der Waals surface area contributed by atoms with Crippen molar-refractivity contribution >= 4 is 10.9 Å². The normalized spacial score (nSPS) is 11.5. The standard InChI is InChI=1S/C13H17NO2/c1-9(2)16-8-11-6-10-7-12(15)4-5-13(10)14(11)3/h4-7,9,15H,8H2,1-3H3. The van der Waals surface area contributed by atoms with Crippen molar-refractivity contribution in [3.05, 3.63) is 30.0 Å². The molecule has 0 fully saturated rings. The van der Waals surface area contributed by atoms with Crippen LogP contribution in [0.15, 0.2) is 24.3 Å². The molecule has 1 aromatic heterocycles. The molecule has 16 heavy (non-hydrogen) atoms. The van der Waals surface area contributed by atoms with Crippen LogP contribution in [0.3, 0.4) is 0 Å². The molecule has 0 aliphatic carbocycles. The molecule has 0 aliphatic heterocycles. The highest BCUT2D eigenvalue weighted by atomic mass is 16.5. The molecule has 0 saturated heterocycles. The smallest absolute Gasteiger partial charge is 0.116 e. The predicted molar refractivity (Wildman–Crippen MR) is 64.5 cm³/mol. The first kappa shape index (κ1) is 11.0. The molecular weight excluding hydrogens is 202 g/mol. The van der Waals surface area contributed by atoms with Gasteiger partial charge in [0.2, 0.25) is 0 Å². The summed E-state index contributed by atoms with van der Waals surface area (Å²) in [5, 5.41) is 10.5. The average molecular weight is 219 g/mol. The quantitative estimate of drug-likeness (QED) is 0.861. The number of aromatic hydroxyl groups is 1. The van der Waals surface area contributed by atoms with Crippen LogP contribution in [0.25, 0.3) is 10.9 Å². The van der Waals surface area contributed by atoms with E-state index in [-0.39, 0.29) is 6.10 Å². The molecule has 1 N–H and O–H groups in total. The van der Waals surface area contributed by atoms with Crippen LogP contribution in [0.4, 0.5) is 0 Å². The Morgan fingerprint density at radius 3 is 2.75 bits per heavy atom. The van der Waals surface area contributed by atoms with Gasteiger partial charge in [-0.2, -0.15) is 0 Å². The average Bonchev–Trinajstić information content (AvgIpc) is 2.52. The Hall–Kier alpha value is -1.48. The lowest BCUT2D eigenvalue weighted by molar-refractivity contribution is 0.0624. The van der Waals surface area contributed by atoms with Crippen LogP contribution < -0.4 is 0 Å². The number of hydrogen-bond donors (Lipinski definition) is 1. The fourth-order valence-corrected chi connectivity index (χ4v) is 1.78. The molecule has 0 spiro atoms. The molecule has 3 heteroatoms. The number of hydrogen-bond acceptors (Lipinski definition) is 2. The molecule has 0 unspecified atom stereocenters. The van der Waals surface area contributed by atoms with Crippen molar-refractivity contribution in [2.45, 2.75) is 26.6 Å². The highest BCUT2D eigenvalue weighted by Gasteiger charge is 2.06. The van der Waals surface area contributed by atoms with Gasteiger partial charge in [0.15, 0.2) is 0 Å². The number of aryl methyl sites for hydroxylation is 1. The lowest BCUT2D eigenvalue weighted by Crippen LogP contribution is -2.05. The molecule has 1 heterocycles. The van der Waals surface area contributed by atoms with E-state index in [9.17, 15) is 5.11 Å². The minimum absolute atomic E-state index is 0.228. The van der Waals surface area contributed by atoms with Gasteiger partial charge in [-0.1, -0.05) is 0 Å². The molecule has 2 rings (SSSR count). The number of phenolic OH excluding ortho intramolecular Hbond substituents is 1. The second-order valence-corrected chi connectivity index (χ2v) is 4.30. The first-order valence-corrected chi connectivity index (χ1v) is 5.47. The van der Waals surface area contributed by atoms with Crippen LogP contribution in [0.5, 0.6) is 5.75 Å². The van der Waals surface area contributed by atoms with Crippen LogP contribution in [0.2, 0.25) is 0 Å². The maximum atomic E-state index is 9.41. The van der Waals surface area contributed by atoms with Gasteiger partial charge < -0.3 is 14.4 Å². The van der Waals surface area contributed by atoms with Gasteiger partial charge in [0.05, 0.1) is 12.7 Å². The van der Waals surface area contributed by atoms with Crippen LogP contribution in [0, 0.1) is 0 Å². The van der Waals surface area contributed by atoms with Gasteiger partial charge in [0.25, 0.3) is 0 Å². The molecule has 2 aromatic rings. The number of phenols is 1. The van der Waals surface area contributed by atoms with Gasteiger partial charge in [-0.15, -0.1) is 0 Å². The van der Waals surface area contributed by atoms with E-state index >= 15 is 0 Å². The molecule has 0 saturated carbocycles. The van der Waals surface area contributed by atoms with Crippen molar-refractivity contribution in [3.8, 4) is 5.75 Å².